The maximum Gasteiger partial charge on any atom is 0.0737 e. The molecule has 0 heterocycles. The lowest BCUT2D eigenvalue weighted by Crippen LogP contribution is -2.28. The van der Waals surface area contributed by atoms with Gasteiger partial charge in [-0.1, -0.05) is 29.3 Å². The summed E-state index contributed by atoms with van der Waals surface area (Å²) >= 11 is 0. The Morgan fingerprint density at radius 1 is 1.13 bits per heavy atom. The molecule has 1 N–H and O–H groups in total. The van der Waals surface area contributed by atoms with Gasteiger partial charge in [0.1, 0.15) is 0 Å². The van der Waals surface area contributed by atoms with Gasteiger partial charge in [0.25, 0.3) is 0 Å². The highest BCUT2D eigenvalue weighted by atomic mass is 16.5. The summed E-state index contributed by atoms with van der Waals surface area (Å²) in [6, 6.07) is 6.87. The average Bonchev–Trinajstić information content (AvgIpc) is 2.17. The van der Waals surface area contributed by atoms with Crippen LogP contribution in [0.25, 0.3) is 0 Å². The van der Waals surface area contributed by atoms with Crippen molar-refractivity contribution in [3.63, 3.8) is 0 Å². The van der Waals surface area contributed by atoms with Crippen LogP contribution in [-0.2, 0) is 4.74 Å². The Morgan fingerprint density at radius 3 is 2.07 bits per heavy atom. The van der Waals surface area contributed by atoms with Gasteiger partial charge in [0.05, 0.1) is 12.1 Å². The highest BCUT2D eigenvalue weighted by Gasteiger charge is 2.17. The van der Waals surface area contributed by atoms with Crippen molar-refractivity contribution in [3.05, 3.63) is 34.9 Å². The van der Waals surface area contributed by atoms with Crippen LogP contribution in [0.3, 0.4) is 0 Å². The summed E-state index contributed by atoms with van der Waals surface area (Å²) in [5, 5.41) is 3.30. The first kappa shape index (κ1) is 12.2. The first-order chi connectivity index (χ1) is 7.08. The van der Waals surface area contributed by atoms with Crippen LogP contribution in [0.2, 0.25) is 0 Å². The van der Waals surface area contributed by atoms with Crippen LogP contribution in [0.1, 0.15) is 29.7 Å². The normalized spacial score (nSPS) is 15.0. The second kappa shape index (κ2) is 5.29. The minimum Gasteiger partial charge on any atom is -0.380 e. The molecule has 1 rings (SSSR count). The summed E-state index contributed by atoms with van der Waals surface area (Å²) in [5.41, 5.74) is 3.89. The number of methoxy groups -OCH3 is 1. The maximum atomic E-state index is 5.37. The predicted octanol–water partition coefficient (Wildman–Crippen LogP) is 2.60. The molecule has 0 fully saturated rings. The van der Waals surface area contributed by atoms with Crippen molar-refractivity contribution >= 4 is 0 Å². The van der Waals surface area contributed by atoms with E-state index in [9.17, 15) is 0 Å². The lowest BCUT2D eigenvalue weighted by molar-refractivity contribution is 0.0856. The average molecular weight is 207 g/mol. The fourth-order valence-electron chi connectivity index (χ4n) is 2.00. The van der Waals surface area contributed by atoms with Crippen molar-refractivity contribution in [2.75, 3.05) is 14.2 Å². The van der Waals surface area contributed by atoms with Gasteiger partial charge in [0.15, 0.2) is 0 Å². The number of likely N-dealkylation sites (N-methyl/N-ethyl adjacent to an activating group) is 1. The number of rotatable bonds is 4. The van der Waals surface area contributed by atoms with E-state index in [-0.39, 0.29) is 12.1 Å². The van der Waals surface area contributed by atoms with E-state index in [0.717, 1.165) is 0 Å². The highest BCUT2D eigenvalue weighted by molar-refractivity contribution is 5.31. The van der Waals surface area contributed by atoms with Gasteiger partial charge in [-0.3, -0.25) is 0 Å². The number of hydrogen-bond donors (Lipinski definition) is 1. The lowest BCUT2D eigenvalue weighted by atomic mass is 9.98. The van der Waals surface area contributed by atoms with Crippen molar-refractivity contribution in [3.8, 4) is 0 Å². The van der Waals surface area contributed by atoms with Gasteiger partial charge in [0, 0.05) is 7.11 Å². The van der Waals surface area contributed by atoms with Crippen LogP contribution >= 0.6 is 0 Å². The van der Waals surface area contributed by atoms with Gasteiger partial charge in [-0.15, -0.1) is 0 Å². The Bertz CT molecular complexity index is 302. The Hall–Kier alpha value is -0.860. The summed E-state index contributed by atoms with van der Waals surface area (Å²) in [6.45, 7) is 6.33. The monoisotopic (exact) mass is 207 g/mol. The number of hydrogen-bond acceptors (Lipinski definition) is 2. The minimum absolute atomic E-state index is 0.177. The quantitative estimate of drug-likeness (QED) is 0.819. The van der Waals surface area contributed by atoms with Gasteiger partial charge in [0.2, 0.25) is 0 Å². The Kier molecular flexibility index (Phi) is 4.30. The van der Waals surface area contributed by atoms with Gasteiger partial charge >= 0.3 is 0 Å². The highest BCUT2D eigenvalue weighted by Crippen LogP contribution is 2.21. The molecule has 1 aromatic rings. The fourth-order valence-corrected chi connectivity index (χ4v) is 2.00. The van der Waals surface area contributed by atoms with Crippen molar-refractivity contribution in [2.45, 2.75) is 32.9 Å². The molecule has 0 spiro atoms. The zero-order chi connectivity index (χ0) is 11.4. The van der Waals surface area contributed by atoms with Gasteiger partial charge in [-0.25, -0.2) is 0 Å². The minimum atomic E-state index is 0.177. The van der Waals surface area contributed by atoms with E-state index in [1.54, 1.807) is 7.11 Å². The molecule has 0 radical (unpaired) electrons. The number of benzene rings is 1. The molecule has 0 aliphatic carbocycles. The van der Waals surface area contributed by atoms with E-state index in [1.165, 1.54) is 16.7 Å². The largest absolute Gasteiger partial charge is 0.380 e. The third kappa shape index (κ3) is 3.05. The summed E-state index contributed by atoms with van der Waals surface area (Å²) in [6.07, 6.45) is 0.177. The van der Waals surface area contributed by atoms with Crippen LogP contribution < -0.4 is 5.32 Å². The molecular weight excluding hydrogens is 186 g/mol. The molecule has 2 atom stereocenters. The molecule has 0 saturated heterocycles. The summed E-state index contributed by atoms with van der Waals surface area (Å²) in [7, 11) is 3.72. The third-order valence-corrected chi connectivity index (χ3v) is 2.76. The third-order valence-electron chi connectivity index (χ3n) is 2.76. The number of ether oxygens (including phenoxy) is 1. The molecule has 2 unspecified atom stereocenters. The zero-order valence-electron chi connectivity index (χ0n) is 10.3. The van der Waals surface area contributed by atoms with Crippen LogP contribution in [0.15, 0.2) is 18.2 Å². The summed E-state index contributed by atoms with van der Waals surface area (Å²) in [5.74, 6) is 0. The van der Waals surface area contributed by atoms with Crippen molar-refractivity contribution in [1.29, 1.82) is 0 Å². The van der Waals surface area contributed by atoms with E-state index < -0.39 is 0 Å². The van der Waals surface area contributed by atoms with E-state index in [0.29, 0.717) is 0 Å². The second-order valence-electron chi connectivity index (χ2n) is 4.13. The van der Waals surface area contributed by atoms with Gasteiger partial charge in [-0.05, 0) is 33.4 Å². The molecule has 2 heteroatoms. The van der Waals surface area contributed by atoms with Crippen LogP contribution in [0.5, 0.6) is 0 Å². The Morgan fingerprint density at radius 2 is 1.67 bits per heavy atom. The van der Waals surface area contributed by atoms with Crippen molar-refractivity contribution in [2.24, 2.45) is 0 Å². The van der Waals surface area contributed by atoms with Crippen molar-refractivity contribution < 1.29 is 4.74 Å². The number of nitrogens with one attached hydrogen (secondary N) is 1. The van der Waals surface area contributed by atoms with Crippen LogP contribution in [0.4, 0.5) is 0 Å². The van der Waals surface area contributed by atoms with E-state index in [4.69, 9.17) is 4.74 Å². The summed E-state index contributed by atoms with van der Waals surface area (Å²) in [4.78, 5) is 0. The van der Waals surface area contributed by atoms with Crippen molar-refractivity contribution in [1.82, 2.24) is 5.32 Å². The lowest BCUT2D eigenvalue weighted by Gasteiger charge is -2.23. The Balaban J connectivity index is 3.01. The standard InChI is InChI=1S/C13H21NO/c1-9-6-10(2)8-12(7-9)13(14-4)11(3)15-5/h6-8,11,13-14H,1-5H3. The smallest absolute Gasteiger partial charge is 0.0737 e. The molecule has 0 aromatic heterocycles. The van der Waals surface area contributed by atoms with E-state index >= 15 is 0 Å². The van der Waals surface area contributed by atoms with E-state index in [2.05, 4.69) is 44.3 Å². The first-order valence-corrected chi connectivity index (χ1v) is 5.36. The zero-order valence-corrected chi connectivity index (χ0v) is 10.3. The maximum absolute atomic E-state index is 5.37. The molecule has 15 heavy (non-hydrogen) atoms. The second-order valence-corrected chi connectivity index (χ2v) is 4.13. The van der Waals surface area contributed by atoms with Crippen LogP contribution in [0, 0.1) is 13.8 Å². The molecule has 2 nitrogen and oxygen atoms in total. The molecule has 1 aromatic carbocycles. The Labute approximate surface area is 92.6 Å². The molecule has 0 saturated carbocycles. The molecule has 0 aliphatic heterocycles. The van der Waals surface area contributed by atoms with Crippen LogP contribution in [-0.4, -0.2) is 20.3 Å². The molecule has 0 bridgehead atoms. The number of aryl methyl sites for hydroxylation is 2. The molecule has 0 amide bonds. The van der Waals surface area contributed by atoms with Gasteiger partial charge < -0.3 is 10.1 Å². The molecule has 0 aliphatic rings. The molecule has 84 valence electrons. The fraction of sp³-hybridized carbons (Fsp3) is 0.538. The topological polar surface area (TPSA) is 21.3 Å². The summed E-state index contributed by atoms with van der Waals surface area (Å²) < 4.78 is 5.37. The SMILES string of the molecule is CNC(c1cc(C)cc(C)c1)C(C)OC. The first-order valence-electron chi connectivity index (χ1n) is 5.36. The van der Waals surface area contributed by atoms with E-state index in [1.807, 2.05) is 7.05 Å². The van der Waals surface area contributed by atoms with Gasteiger partial charge in [-0.2, -0.15) is 0 Å². The predicted molar refractivity (Wildman–Crippen MR) is 64.2 cm³/mol. The molecular formula is C13H21NO.